The number of nitrogens with two attached hydrogens (primary N) is 1. The smallest absolute Gasteiger partial charge is 0.425 e. The maximum Gasteiger partial charge on any atom is 0.488 e. The molecule has 0 rings (SSSR count). The van der Waals surface area contributed by atoms with Gasteiger partial charge in [0, 0.05) is 5.92 Å². The van der Waals surface area contributed by atoms with Crippen LogP contribution in [0.4, 0.5) is 0 Å². The molecule has 0 heterocycles. The molecule has 0 aliphatic carbocycles. The lowest BCUT2D eigenvalue weighted by molar-refractivity contribution is -0.119. The molecule has 0 bridgehead atoms. The number of hydrogen-bond donors (Lipinski definition) is 4. The number of carbonyl (C=O) groups is 1. The second-order valence-electron chi connectivity index (χ2n) is 3.11. The highest BCUT2D eigenvalue weighted by molar-refractivity contribution is 6.44. The maximum absolute atomic E-state index is 10.8. The second kappa shape index (κ2) is 6.43. The van der Waals surface area contributed by atoms with Crippen molar-refractivity contribution >= 4 is 13.0 Å². The number of nitrogens with one attached hydrogen (secondary N) is 1. The Morgan fingerprint density at radius 2 is 2.07 bits per heavy atom. The molecule has 0 aromatic heterocycles. The number of hydrogen-bond acceptors (Lipinski definition) is 4. The molecule has 0 saturated carbocycles. The van der Waals surface area contributed by atoms with Crippen LogP contribution in [0.5, 0.6) is 0 Å². The zero-order valence-electron chi connectivity index (χ0n) is 8.32. The first kappa shape index (κ1) is 13.0. The lowest BCUT2D eigenvalue weighted by Crippen LogP contribution is -2.47. The van der Waals surface area contributed by atoms with Gasteiger partial charge in [0.25, 0.3) is 0 Å². The summed E-state index contributed by atoms with van der Waals surface area (Å²) in [6, 6.07) is 0. The van der Waals surface area contributed by atoms with Gasteiger partial charge < -0.3 is 21.1 Å². The molecule has 0 radical (unpaired) electrons. The average Bonchev–Trinajstić information content (AvgIpc) is 2.10. The lowest BCUT2D eigenvalue weighted by Gasteiger charge is -2.10. The topological polar surface area (TPSA) is 95.6 Å². The van der Waals surface area contributed by atoms with Crippen molar-refractivity contribution in [2.75, 3.05) is 6.54 Å². The molecule has 0 aliphatic heterocycles. The van der Waals surface area contributed by atoms with Crippen molar-refractivity contribution in [3.05, 3.63) is 0 Å². The van der Waals surface area contributed by atoms with E-state index in [0.717, 1.165) is 0 Å². The first-order valence-corrected chi connectivity index (χ1v) is 4.34. The number of amides is 1. The van der Waals surface area contributed by atoms with Gasteiger partial charge in [-0.15, -0.1) is 0 Å². The van der Waals surface area contributed by atoms with E-state index in [2.05, 4.69) is 17.2 Å². The van der Waals surface area contributed by atoms with Crippen LogP contribution in [0.1, 0.15) is 13.8 Å². The van der Waals surface area contributed by atoms with Crippen LogP contribution in [0.2, 0.25) is 0 Å². The quantitative estimate of drug-likeness (QED) is 0.314. The highest BCUT2D eigenvalue weighted by Crippen LogP contribution is 1.89. The molecular weight excluding hydrogens is 183 g/mol. The zero-order valence-corrected chi connectivity index (χ0v) is 8.32. The fourth-order valence-corrected chi connectivity index (χ4v) is 0.674. The molecule has 0 saturated heterocycles. The molecule has 1 atom stereocenters. The molecule has 0 unspecified atom stereocenters. The maximum atomic E-state index is 10.8. The molecule has 14 heavy (non-hydrogen) atoms. The fraction of sp³-hybridized carbons (Fsp3) is 0.625. The number of carbonyl (C=O) groups excluding carboxylic acids is 1. The molecule has 5 N–H and O–H groups in total. The summed E-state index contributed by atoms with van der Waals surface area (Å²) < 4.78 is 0. The van der Waals surface area contributed by atoms with Gasteiger partial charge in [-0.3, -0.25) is 4.79 Å². The summed E-state index contributed by atoms with van der Waals surface area (Å²) in [5.74, 6) is 3.93. The second-order valence-corrected chi connectivity index (χ2v) is 3.11. The van der Waals surface area contributed by atoms with Crippen LogP contribution < -0.4 is 11.1 Å². The third kappa shape index (κ3) is 5.59. The van der Waals surface area contributed by atoms with Crippen LogP contribution in [0.25, 0.3) is 0 Å². The summed E-state index contributed by atoms with van der Waals surface area (Å²) >= 11 is 0. The molecule has 0 spiro atoms. The fourth-order valence-electron chi connectivity index (χ4n) is 0.674. The van der Waals surface area contributed by atoms with E-state index in [1.54, 1.807) is 0 Å². The van der Waals surface area contributed by atoms with Crippen LogP contribution in [-0.2, 0) is 4.79 Å². The van der Waals surface area contributed by atoms with Gasteiger partial charge in [0.1, 0.15) is 5.94 Å². The van der Waals surface area contributed by atoms with Crippen LogP contribution >= 0.6 is 0 Å². The van der Waals surface area contributed by atoms with Gasteiger partial charge in [0.2, 0.25) is 5.91 Å². The lowest BCUT2D eigenvalue weighted by atomic mass is 9.79. The highest BCUT2D eigenvalue weighted by Gasteiger charge is 2.22. The Bertz CT molecular complexity index is 245. The predicted octanol–water partition coefficient (Wildman–Crippen LogP) is -1.90. The minimum absolute atomic E-state index is 0.103. The third-order valence-corrected chi connectivity index (χ3v) is 1.33. The van der Waals surface area contributed by atoms with E-state index in [-0.39, 0.29) is 12.5 Å². The Hall–Kier alpha value is -1.03. The SMILES string of the molecule is CC(C)C#C[C@H](NC(=O)CN)B(O)O. The van der Waals surface area contributed by atoms with E-state index in [4.69, 9.17) is 15.8 Å². The molecular formula is C8H15BN2O3. The van der Waals surface area contributed by atoms with E-state index in [0.29, 0.717) is 0 Å². The molecule has 0 fully saturated rings. The van der Waals surface area contributed by atoms with Gasteiger partial charge in [-0.25, -0.2) is 0 Å². The normalized spacial score (nSPS) is 11.6. The van der Waals surface area contributed by atoms with Gasteiger partial charge >= 0.3 is 7.12 Å². The molecule has 0 aliphatic rings. The summed E-state index contributed by atoms with van der Waals surface area (Å²) in [7, 11) is -1.70. The van der Waals surface area contributed by atoms with Gasteiger partial charge in [0.15, 0.2) is 0 Å². The van der Waals surface area contributed by atoms with Gasteiger partial charge in [0.05, 0.1) is 6.54 Å². The largest absolute Gasteiger partial charge is 0.488 e. The average molecular weight is 198 g/mol. The first-order valence-electron chi connectivity index (χ1n) is 4.34. The van der Waals surface area contributed by atoms with Gasteiger partial charge in [-0.1, -0.05) is 25.7 Å². The summed E-state index contributed by atoms with van der Waals surface area (Å²) in [5.41, 5.74) is 5.05. The summed E-state index contributed by atoms with van der Waals surface area (Å²) in [4.78, 5) is 10.8. The number of rotatable bonds is 3. The van der Waals surface area contributed by atoms with Crippen LogP contribution in [0.15, 0.2) is 0 Å². The van der Waals surface area contributed by atoms with Crippen LogP contribution in [0, 0.1) is 17.8 Å². The Labute approximate surface area is 83.8 Å². The molecule has 0 aromatic rings. The van der Waals surface area contributed by atoms with Crippen molar-refractivity contribution in [2.45, 2.75) is 19.8 Å². The Morgan fingerprint density at radius 1 is 1.50 bits per heavy atom. The van der Waals surface area contributed by atoms with E-state index in [9.17, 15) is 4.79 Å². The minimum atomic E-state index is -1.70. The highest BCUT2D eigenvalue weighted by atomic mass is 16.4. The Kier molecular flexibility index (Phi) is 5.96. The van der Waals surface area contributed by atoms with E-state index < -0.39 is 19.0 Å². The summed E-state index contributed by atoms with van der Waals surface area (Å²) in [6.45, 7) is 3.52. The van der Waals surface area contributed by atoms with Crippen LogP contribution in [0.3, 0.4) is 0 Å². The zero-order chi connectivity index (χ0) is 11.1. The van der Waals surface area contributed by atoms with Crippen molar-refractivity contribution in [2.24, 2.45) is 11.7 Å². The Morgan fingerprint density at radius 3 is 2.43 bits per heavy atom. The standard InChI is InChI=1S/C8H15BN2O3/c1-6(2)3-4-7(9(13)14)11-8(12)5-10/h6-7,13-14H,5,10H2,1-2H3,(H,11,12)/t7-/m0/s1. The van der Waals surface area contributed by atoms with Gasteiger partial charge in [-0.2, -0.15) is 0 Å². The minimum Gasteiger partial charge on any atom is -0.425 e. The molecule has 5 nitrogen and oxygen atoms in total. The molecule has 6 heteroatoms. The predicted molar refractivity (Wildman–Crippen MR) is 53.8 cm³/mol. The van der Waals surface area contributed by atoms with Crippen LogP contribution in [-0.4, -0.2) is 35.6 Å². The summed E-state index contributed by atoms with van der Waals surface area (Å²) in [6.07, 6.45) is 0. The van der Waals surface area contributed by atoms with E-state index in [1.807, 2.05) is 13.8 Å². The van der Waals surface area contributed by atoms with E-state index >= 15 is 0 Å². The summed E-state index contributed by atoms with van der Waals surface area (Å²) in [5, 5.41) is 20.0. The molecule has 78 valence electrons. The van der Waals surface area contributed by atoms with Crippen molar-refractivity contribution < 1.29 is 14.8 Å². The van der Waals surface area contributed by atoms with Crippen molar-refractivity contribution in [3.63, 3.8) is 0 Å². The van der Waals surface area contributed by atoms with Gasteiger partial charge in [-0.05, 0) is 0 Å². The first-order chi connectivity index (χ1) is 6.47. The van der Waals surface area contributed by atoms with E-state index in [1.165, 1.54) is 0 Å². The van der Waals surface area contributed by atoms with Crippen molar-refractivity contribution in [1.82, 2.24) is 5.32 Å². The molecule has 1 amide bonds. The third-order valence-electron chi connectivity index (χ3n) is 1.33. The van der Waals surface area contributed by atoms with Crippen molar-refractivity contribution in [3.8, 4) is 11.8 Å². The molecule has 0 aromatic carbocycles. The monoisotopic (exact) mass is 198 g/mol. The Balaban J connectivity index is 4.33. The van der Waals surface area contributed by atoms with Crippen molar-refractivity contribution in [1.29, 1.82) is 0 Å².